The van der Waals surface area contributed by atoms with Gasteiger partial charge in [0.2, 0.25) is 0 Å². The highest BCUT2D eigenvalue weighted by molar-refractivity contribution is 5.36. The van der Waals surface area contributed by atoms with Crippen molar-refractivity contribution in [2.75, 3.05) is 159 Å². The van der Waals surface area contributed by atoms with Crippen molar-refractivity contribution < 1.29 is 56.8 Å². The molecule has 0 spiro atoms. The minimum absolute atomic E-state index is 0.327. The van der Waals surface area contributed by atoms with Gasteiger partial charge in [-0.1, -0.05) is 22.8 Å². The molecule has 284 valence electrons. The smallest absolute Gasteiger partial charge is 0.0723 e. The van der Waals surface area contributed by atoms with Crippen molar-refractivity contribution in [2.45, 2.75) is 27.4 Å². The topological polar surface area (TPSA) is 160 Å². The van der Waals surface area contributed by atoms with Gasteiger partial charge in [-0.3, -0.25) is 0 Å². The number of hydrogen-bond donors (Lipinski definition) is 0. The molecule has 1 aromatic carbocycles. The van der Waals surface area contributed by atoms with Crippen LogP contribution >= 0.6 is 0 Å². The van der Waals surface area contributed by atoms with Crippen molar-refractivity contribution >= 4 is 0 Å². The van der Waals surface area contributed by atoms with E-state index in [1.54, 1.807) is 0 Å². The average Bonchev–Trinajstić information content (AvgIpc) is 3.08. The predicted molar refractivity (Wildman–Crippen MR) is 183 cm³/mol. The van der Waals surface area contributed by atoms with E-state index in [2.05, 4.69) is 42.9 Å². The quantitative estimate of drug-likeness (QED) is 0.0427. The van der Waals surface area contributed by atoms with Crippen LogP contribution in [0.5, 0.6) is 0 Å². The summed E-state index contributed by atoms with van der Waals surface area (Å²) >= 11 is 0. The molecule has 0 bridgehead atoms. The van der Waals surface area contributed by atoms with E-state index in [1.807, 2.05) is 0 Å². The second-order valence-corrected chi connectivity index (χ2v) is 10.6. The molecule has 0 saturated carbocycles. The van der Waals surface area contributed by atoms with Gasteiger partial charge in [-0.2, -0.15) is 0 Å². The minimum atomic E-state index is 0.327. The van der Waals surface area contributed by atoms with Crippen molar-refractivity contribution in [1.82, 2.24) is 0 Å². The zero-order valence-electron chi connectivity index (χ0n) is 30.1. The number of rotatable bonds is 38. The van der Waals surface area contributed by atoms with E-state index in [4.69, 9.17) is 62.4 Å². The zero-order chi connectivity index (χ0) is 35.3. The van der Waals surface area contributed by atoms with Crippen LogP contribution in [0.2, 0.25) is 0 Å². The van der Waals surface area contributed by atoms with Gasteiger partial charge in [-0.25, -0.2) is 0 Å². The molecule has 0 amide bonds. The van der Waals surface area contributed by atoms with Crippen LogP contribution in [-0.4, -0.2) is 159 Å². The van der Waals surface area contributed by atoms with E-state index in [0.717, 1.165) is 0 Å². The molecule has 1 rings (SSSR count). The lowest BCUT2D eigenvalue weighted by Gasteiger charge is -2.12. The molecule has 0 heterocycles. The fraction of sp³-hybridized carbons (Fsp3) is 0.824. The molecule has 0 fully saturated rings. The molecule has 0 aliphatic carbocycles. The van der Waals surface area contributed by atoms with Crippen LogP contribution < -0.4 is 0 Å². The summed E-state index contributed by atoms with van der Waals surface area (Å²) in [7, 11) is 0. The molecule has 49 heavy (non-hydrogen) atoms. The van der Waals surface area contributed by atoms with Gasteiger partial charge < -0.3 is 56.8 Å². The van der Waals surface area contributed by atoms with Crippen LogP contribution in [0.25, 0.3) is 10.4 Å². The van der Waals surface area contributed by atoms with Crippen molar-refractivity contribution in [3.05, 3.63) is 44.8 Å². The van der Waals surface area contributed by atoms with Crippen LogP contribution in [0.15, 0.2) is 17.2 Å². The summed E-state index contributed by atoms with van der Waals surface area (Å²) in [6.45, 7) is 18.8. The Morgan fingerprint density at radius 2 is 0.653 bits per heavy atom. The molecule has 0 atom stereocenters. The van der Waals surface area contributed by atoms with E-state index in [1.165, 1.54) is 22.3 Å². The molecule has 1 aromatic rings. The van der Waals surface area contributed by atoms with E-state index >= 15 is 0 Å². The number of hydrogen-bond acceptors (Lipinski definition) is 13. The second kappa shape index (κ2) is 35.9. The summed E-state index contributed by atoms with van der Waals surface area (Å²) in [5, 5.41) is 3.38. The van der Waals surface area contributed by atoms with Crippen molar-refractivity contribution in [3.8, 4) is 0 Å². The van der Waals surface area contributed by atoms with Gasteiger partial charge in [0.05, 0.1) is 159 Å². The molecule has 0 saturated heterocycles. The Balaban J connectivity index is 1.66. The zero-order valence-corrected chi connectivity index (χ0v) is 30.1. The third-order valence-corrected chi connectivity index (χ3v) is 6.58. The Morgan fingerprint density at radius 3 is 0.918 bits per heavy atom. The summed E-state index contributed by atoms with van der Waals surface area (Å²) in [6.07, 6.45) is 0. The van der Waals surface area contributed by atoms with Gasteiger partial charge in [0, 0.05) is 11.5 Å². The number of nitrogens with zero attached hydrogens (tertiary/aromatic N) is 3. The Bertz CT molecular complexity index is 901. The monoisotopic (exact) mass is 703 g/mol. The van der Waals surface area contributed by atoms with Gasteiger partial charge in [0.1, 0.15) is 0 Å². The Hall–Kier alpha value is -1.95. The molecular weight excluding hydrogens is 642 g/mol. The largest absolute Gasteiger partial charge is 0.379 e. The number of azide groups is 1. The molecule has 0 radical (unpaired) electrons. The fourth-order valence-electron chi connectivity index (χ4n) is 4.18. The maximum Gasteiger partial charge on any atom is 0.0723 e. The SMILES string of the molecule is Cc1cc(C)c(COCCOCCOCCOCCOCCOCCOCCOCCOCCOCCOCCOCCN=[N+]=[N-])c(C)c1. The Labute approximate surface area is 292 Å². The van der Waals surface area contributed by atoms with Crippen LogP contribution in [0.3, 0.4) is 0 Å². The van der Waals surface area contributed by atoms with Crippen LogP contribution in [-0.2, 0) is 63.4 Å². The van der Waals surface area contributed by atoms with Gasteiger partial charge in [0.25, 0.3) is 0 Å². The molecule has 0 N–H and O–H groups in total. The van der Waals surface area contributed by atoms with E-state index in [0.29, 0.717) is 165 Å². The normalized spacial score (nSPS) is 11.3. The Kier molecular flexibility index (Phi) is 33.0. The maximum absolute atomic E-state index is 8.14. The van der Waals surface area contributed by atoms with Crippen molar-refractivity contribution in [3.63, 3.8) is 0 Å². The Morgan fingerprint density at radius 1 is 0.408 bits per heavy atom. The molecule has 0 aliphatic heterocycles. The molecule has 15 heteroatoms. The molecule has 0 unspecified atom stereocenters. The van der Waals surface area contributed by atoms with Gasteiger partial charge in [0.15, 0.2) is 0 Å². The number of benzene rings is 1. The maximum atomic E-state index is 8.14. The first-order valence-electron chi connectivity index (χ1n) is 17.2. The lowest BCUT2D eigenvalue weighted by molar-refractivity contribution is -0.0284. The second-order valence-electron chi connectivity index (χ2n) is 10.6. The standard InChI is InChI=1S/C34H61N3O12/c1-31-28-32(2)34(33(3)29-31)30-49-27-26-48-25-24-47-23-22-46-21-20-45-19-18-44-17-16-43-15-14-42-13-12-41-11-10-40-9-8-39-7-6-38-5-4-36-37-35/h28-29H,4-27,30H2,1-3H3. The van der Waals surface area contributed by atoms with Gasteiger partial charge in [-0.15, -0.1) is 0 Å². The first kappa shape index (κ1) is 45.1. The predicted octanol–water partition coefficient (Wildman–Crippen LogP) is 3.62. The lowest BCUT2D eigenvalue weighted by Crippen LogP contribution is -2.15. The fourth-order valence-corrected chi connectivity index (χ4v) is 4.18. The third-order valence-electron chi connectivity index (χ3n) is 6.58. The van der Waals surface area contributed by atoms with E-state index in [-0.39, 0.29) is 0 Å². The van der Waals surface area contributed by atoms with Crippen molar-refractivity contribution in [1.29, 1.82) is 0 Å². The summed E-state index contributed by atoms with van der Waals surface area (Å²) < 4.78 is 65.8. The van der Waals surface area contributed by atoms with Crippen LogP contribution in [0.1, 0.15) is 22.3 Å². The number of ether oxygens (including phenoxy) is 12. The van der Waals surface area contributed by atoms with Crippen LogP contribution in [0.4, 0.5) is 0 Å². The number of aryl methyl sites for hydroxylation is 3. The van der Waals surface area contributed by atoms with E-state index < -0.39 is 0 Å². The lowest BCUT2D eigenvalue weighted by atomic mass is 10.0. The summed E-state index contributed by atoms with van der Waals surface area (Å²) in [5.74, 6) is 0. The highest BCUT2D eigenvalue weighted by atomic mass is 16.6. The summed E-state index contributed by atoms with van der Waals surface area (Å²) in [6, 6.07) is 4.37. The van der Waals surface area contributed by atoms with E-state index in [9.17, 15) is 0 Å². The van der Waals surface area contributed by atoms with Gasteiger partial charge >= 0.3 is 0 Å². The van der Waals surface area contributed by atoms with Crippen molar-refractivity contribution in [2.24, 2.45) is 5.11 Å². The average molecular weight is 704 g/mol. The molecule has 0 aromatic heterocycles. The summed E-state index contributed by atoms with van der Waals surface area (Å²) in [4.78, 5) is 2.65. The molecular formula is C34H61N3O12. The summed E-state index contributed by atoms with van der Waals surface area (Å²) in [5.41, 5.74) is 13.2. The highest BCUT2D eigenvalue weighted by Gasteiger charge is 2.04. The molecule has 0 aliphatic rings. The third kappa shape index (κ3) is 30.6. The highest BCUT2D eigenvalue weighted by Crippen LogP contribution is 2.17. The minimum Gasteiger partial charge on any atom is -0.379 e. The first-order chi connectivity index (χ1) is 24.1. The molecule has 15 nitrogen and oxygen atoms in total. The van der Waals surface area contributed by atoms with Gasteiger partial charge in [-0.05, 0) is 43.0 Å². The first-order valence-corrected chi connectivity index (χ1v) is 17.2. The van der Waals surface area contributed by atoms with Crippen LogP contribution in [0, 0.1) is 20.8 Å².